The second-order valence-corrected chi connectivity index (χ2v) is 5.08. The van der Waals surface area contributed by atoms with Crippen molar-refractivity contribution in [2.45, 2.75) is 6.18 Å². The Morgan fingerprint density at radius 3 is 2.48 bits per heavy atom. The molecule has 1 amide bonds. The van der Waals surface area contributed by atoms with Gasteiger partial charge in [-0.3, -0.25) is 9.36 Å². The van der Waals surface area contributed by atoms with Crippen molar-refractivity contribution in [3.63, 3.8) is 0 Å². The second-order valence-electron chi connectivity index (χ2n) is 4.27. The van der Waals surface area contributed by atoms with Crippen molar-refractivity contribution >= 4 is 29.1 Å². The van der Waals surface area contributed by atoms with Gasteiger partial charge in [-0.2, -0.15) is 13.2 Å². The smallest absolute Gasteiger partial charge is 0.340 e. The number of imidazole rings is 1. The number of nitrogens with one attached hydrogen (secondary N) is 1. The average molecular weight is 362 g/mol. The Hall–Kier alpha value is -2.17. The third-order valence-electron chi connectivity index (χ3n) is 2.78. The van der Waals surface area contributed by atoms with E-state index >= 15 is 0 Å². The quantitative estimate of drug-likeness (QED) is 0.849. The minimum Gasteiger partial charge on any atom is -0.340 e. The van der Waals surface area contributed by atoms with Gasteiger partial charge in [0.1, 0.15) is 6.33 Å². The Balaban J connectivity index is 2.65. The summed E-state index contributed by atoms with van der Waals surface area (Å²) in [6, 6.07) is 4.24. The summed E-state index contributed by atoms with van der Waals surface area (Å²) in [7, 11) is 0. The highest BCUT2D eigenvalue weighted by Gasteiger charge is 2.41. The maximum atomic E-state index is 13.4. The summed E-state index contributed by atoms with van der Waals surface area (Å²) in [5.41, 5.74) is -2.22. The van der Waals surface area contributed by atoms with Gasteiger partial charge in [0.05, 0.1) is 22.3 Å². The molecule has 9 heteroatoms. The molecule has 4 nitrogen and oxygen atoms in total. The van der Waals surface area contributed by atoms with Gasteiger partial charge >= 0.3 is 6.18 Å². The summed E-state index contributed by atoms with van der Waals surface area (Å²) in [5, 5.41) is 2.10. The van der Waals surface area contributed by atoms with Crippen molar-refractivity contribution in [1.82, 2.24) is 14.9 Å². The van der Waals surface area contributed by atoms with Crippen molar-refractivity contribution < 1.29 is 18.0 Å². The number of amides is 1. The molecule has 0 atom stereocenters. The van der Waals surface area contributed by atoms with Crippen molar-refractivity contribution in [1.29, 1.82) is 0 Å². The Kier molecular flexibility index (Phi) is 4.88. The number of halogens is 5. The van der Waals surface area contributed by atoms with Crippen LogP contribution in [-0.4, -0.2) is 22.0 Å². The molecule has 0 radical (unpaired) electrons. The van der Waals surface area contributed by atoms with Crippen LogP contribution in [0.25, 0.3) is 5.69 Å². The monoisotopic (exact) mass is 361 g/mol. The topological polar surface area (TPSA) is 46.9 Å². The number of rotatable bonds is 3. The van der Waals surface area contributed by atoms with E-state index in [4.69, 9.17) is 29.6 Å². The molecule has 0 aliphatic heterocycles. The molecule has 1 aromatic heterocycles. The average Bonchev–Trinajstić information content (AvgIpc) is 2.89. The molecule has 1 heterocycles. The van der Waals surface area contributed by atoms with Crippen LogP contribution in [-0.2, 0) is 6.18 Å². The number of benzene rings is 1. The van der Waals surface area contributed by atoms with E-state index in [1.165, 1.54) is 18.2 Å². The highest BCUT2D eigenvalue weighted by atomic mass is 35.5. The number of hydrogen-bond acceptors (Lipinski definition) is 2. The van der Waals surface area contributed by atoms with E-state index in [1.807, 2.05) is 0 Å². The molecule has 0 spiro atoms. The van der Waals surface area contributed by atoms with Gasteiger partial charge in [0.2, 0.25) is 0 Å². The number of terminal acetylenes is 1. The number of hydrogen-bond donors (Lipinski definition) is 1. The highest BCUT2D eigenvalue weighted by molar-refractivity contribution is 6.37. The minimum atomic E-state index is -4.86. The summed E-state index contributed by atoms with van der Waals surface area (Å²) in [6.07, 6.45) is 0.942. The Labute approximate surface area is 139 Å². The lowest BCUT2D eigenvalue weighted by Gasteiger charge is -2.15. The molecule has 1 aromatic carbocycles. The van der Waals surface area contributed by atoms with Gasteiger partial charge in [-0.05, 0) is 12.1 Å². The maximum absolute atomic E-state index is 13.4. The van der Waals surface area contributed by atoms with Crippen LogP contribution < -0.4 is 5.32 Å². The van der Waals surface area contributed by atoms with E-state index in [0.29, 0.717) is 4.57 Å². The minimum absolute atomic E-state index is 0.0176. The number of carbonyl (C=O) groups is 1. The fourth-order valence-corrected chi connectivity index (χ4v) is 2.47. The van der Waals surface area contributed by atoms with Crippen LogP contribution in [0.4, 0.5) is 13.2 Å². The van der Waals surface area contributed by atoms with Crippen LogP contribution in [0.15, 0.2) is 24.5 Å². The number of aromatic nitrogens is 2. The molecular weight excluding hydrogens is 354 g/mol. The maximum Gasteiger partial charge on any atom is 0.434 e. The normalized spacial score (nSPS) is 11.1. The van der Waals surface area contributed by atoms with Gasteiger partial charge in [-0.25, -0.2) is 4.98 Å². The zero-order valence-electron chi connectivity index (χ0n) is 11.3. The first-order valence-corrected chi connectivity index (χ1v) is 6.83. The SMILES string of the molecule is C#CCNC(=O)c1ncn(-c2c(Cl)cccc2Cl)c1C(F)(F)F. The third kappa shape index (κ3) is 3.44. The first-order chi connectivity index (χ1) is 10.8. The predicted molar refractivity (Wildman–Crippen MR) is 79.8 cm³/mol. The van der Waals surface area contributed by atoms with E-state index in [1.54, 1.807) is 0 Å². The van der Waals surface area contributed by atoms with Gasteiger partial charge in [0, 0.05) is 0 Å². The molecule has 2 aromatic rings. The van der Waals surface area contributed by atoms with Gasteiger partial charge < -0.3 is 5.32 Å². The number of alkyl halides is 3. The van der Waals surface area contributed by atoms with Gasteiger partial charge in [0.15, 0.2) is 11.4 Å². The fourth-order valence-electron chi connectivity index (χ4n) is 1.89. The van der Waals surface area contributed by atoms with Crippen LogP contribution >= 0.6 is 23.2 Å². The molecule has 0 aliphatic rings. The Bertz CT molecular complexity index is 773. The summed E-state index contributed by atoms with van der Waals surface area (Å²) >= 11 is 11.9. The molecule has 0 unspecified atom stereocenters. The van der Waals surface area contributed by atoms with E-state index in [0.717, 1.165) is 6.33 Å². The molecular formula is C14H8Cl2F3N3O. The van der Waals surface area contributed by atoms with E-state index in [2.05, 4.69) is 16.2 Å². The summed E-state index contributed by atoms with van der Waals surface area (Å²) in [5.74, 6) is 1.05. The largest absolute Gasteiger partial charge is 0.434 e. The molecule has 120 valence electrons. The summed E-state index contributed by atoms with van der Waals surface area (Å²) < 4.78 is 40.9. The highest BCUT2D eigenvalue weighted by Crippen LogP contribution is 2.37. The molecule has 0 saturated heterocycles. The lowest BCUT2D eigenvalue weighted by molar-refractivity contribution is -0.142. The van der Waals surface area contributed by atoms with Crippen molar-refractivity contribution in [3.05, 3.63) is 46.0 Å². The second kappa shape index (κ2) is 6.52. The number of carbonyl (C=O) groups excluding carboxylic acids is 1. The lowest BCUT2D eigenvalue weighted by Crippen LogP contribution is -2.27. The summed E-state index contributed by atoms with van der Waals surface area (Å²) in [6.45, 7) is -0.226. The van der Waals surface area contributed by atoms with Crippen molar-refractivity contribution in [2.24, 2.45) is 0 Å². The molecule has 2 rings (SSSR count). The lowest BCUT2D eigenvalue weighted by atomic mass is 10.2. The van der Waals surface area contributed by atoms with Crippen molar-refractivity contribution in [3.8, 4) is 18.0 Å². The fraction of sp³-hybridized carbons (Fsp3) is 0.143. The molecule has 1 N–H and O–H groups in total. The predicted octanol–water partition coefficient (Wildman–Crippen LogP) is 3.56. The number of para-hydroxylation sites is 1. The molecule has 0 saturated carbocycles. The van der Waals surface area contributed by atoms with Crippen molar-refractivity contribution in [2.75, 3.05) is 6.54 Å². The first-order valence-electron chi connectivity index (χ1n) is 6.08. The zero-order chi connectivity index (χ0) is 17.2. The van der Waals surface area contributed by atoms with E-state index in [-0.39, 0.29) is 22.3 Å². The zero-order valence-corrected chi connectivity index (χ0v) is 12.8. The third-order valence-corrected chi connectivity index (χ3v) is 3.39. The summed E-state index contributed by atoms with van der Waals surface area (Å²) in [4.78, 5) is 15.4. The van der Waals surface area contributed by atoms with Crippen LogP contribution in [0.3, 0.4) is 0 Å². The first kappa shape index (κ1) is 17.2. The van der Waals surface area contributed by atoms with Crippen LogP contribution in [0.1, 0.15) is 16.2 Å². The van der Waals surface area contributed by atoms with E-state index in [9.17, 15) is 18.0 Å². The molecule has 0 bridgehead atoms. The Morgan fingerprint density at radius 1 is 1.35 bits per heavy atom. The van der Waals surface area contributed by atoms with Crippen LogP contribution in [0.5, 0.6) is 0 Å². The number of nitrogens with zero attached hydrogens (tertiary/aromatic N) is 2. The van der Waals surface area contributed by atoms with E-state index < -0.39 is 23.5 Å². The van der Waals surface area contributed by atoms with Crippen LogP contribution in [0, 0.1) is 12.3 Å². The van der Waals surface area contributed by atoms with Gasteiger partial charge in [-0.15, -0.1) is 6.42 Å². The standard InChI is InChI=1S/C14H8Cl2F3N3O/c1-2-6-20-13(23)10-12(14(17,18)19)22(7-21-10)11-8(15)4-3-5-9(11)16/h1,3-5,7H,6H2,(H,20,23). The van der Waals surface area contributed by atoms with Crippen LogP contribution in [0.2, 0.25) is 10.0 Å². The van der Waals surface area contributed by atoms with Gasteiger partial charge in [-0.1, -0.05) is 35.2 Å². The molecule has 23 heavy (non-hydrogen) atoms. The Morgan fingerprint density at radius 2 is 1.96 bits per heavy atom. The van der Waals surface area contributed by atoms with Gasteiger partial charge in [0.25, 0.3) is 5.91 Å². The molecule has 0 aliphatic carbocycles. The molecule has 0 fully saturated rings.